The van der Waals surface area contributed by atoms with E-state index in [2.05, 4.69) is 0 Å². The van der Waals surface area contributed by atoms with E-state index >= 15 is 0 Å². The molecule has 0 spiro atoms. The summed E-state index contributed by atoms with van der Waals surface area (Å²) in [5.74, 6) is 0.463. The summed E-state index contributed by atoms with van der Waals surface area (Å²) < 4.78 is 15.0. The highest BCUT2D eigenvalue weighted by molar-refractivity contribution is 5.70. The number of benzene rings is 1. The first-order valence-corrected chi connectivity index (χ1v) is 5.12. The largest absolute Gasteiger partial charge is 0.497 e. The van der Waals surface area contributed by atoms with Gasteiger partial charge in [0.25, 0.3) is 0 Å². The van der Waals surface area contributed by atoms with Gasteiger partial charge in [0.1, 0.15) is 12.4 Å². The van der Waals surface area contributed by atoms with E-state index in [9.17, 15) is 4.79 Å². The highest BCUT2D eigenvalue weighted by Crippen LogP contribution is 2.11. The van der Waals surface area contributed by atoms with Gasteiger partial charge in [0.05, 0.1) is 20.3 Å². The first kappa shape index (κ1) is 12.5. The van der Waals surface area contributed by atoms with Crippen molar-refractivity contribution in [1.29, 1.82) is 0 Å². The number of hydrogen-bond donors (Lipinski definition) is 0. The molecule has 16 heavy (non-hydrogen) atoms. The Morgan fingerprint density at radius 2 is 1.94 bits per heavy atom. The van der Waals surface area contributed by atoms with E-state index in [1.807, 2.05) is 24.3 Å². The lowest BCUT2D eigenvalue weighted by molar-refractivity contribution is -0.148. The molecular formula is C12H16O4. The van der Waals surface area contributed by atoms with Crippen molar-refractivity contribution >= 4 is 5.97 Å². The molecule has 88 valence electrons. The van der Waals surface area contributed by atoms with Crippen LogP contribution in [0, 0.1) is 0 Å². The SMILES string of the molecule is CCOC(=O)COCc1ccc(OC)cc1. The van der Waals surface area contributed by atoms with Gasteiger partial charge in [0.15, 0.2) is 0 Å². The Balaban J connectivity index is 2.29. The first-order chi connectivity index (χ1) is 7.76. The topological polar surface area (TPSA) is 44.8 Å². The van der Waals surface area contributed by atoms with E-state index in [1.165, 1.54) is 0 Å². The number of rotatable bonds is 6. The number of methoxy groups -OCH3 is 1. The summed E-state index contributed by atoms with van der Waals surface area (Å²) in [4.78, 5) is 11.0. The van der Waals surface area contributed by atoms with E-state index in [1.54, 1.807) is 14.0 Å². The van der Waals surface area contributed by atoms with Crippen LogP contribution in [0.2, 0.25) is 0 Å². The number of carbonyl (C=O) groups is 1. The standard InChI is InChI=1S/C12H16O4/c1-3-16-12(13)9-15-8-10-4-6-11(14-2)7-5-10/h4-7H,3,8-9H2,1-2H3. The fraction of sp³-hybridized carbons (Fsp3) is 0.417. The zero-order chi connectivity index (χ0) is 11.8. The van der Waals surface area contributed by atoms with Crippen LogP contribution in [-0.4, -0.2) is 26.3 Å². The highest BCUT2D eigenvalue weighted by Gasteiger charge is 2.01. The molecule has 4 nitrogen and oxygen atoms in total. The molecule has 0 saturated carbocycles. The van der Waals surface area contributed by atoms with Crippen molar-refractivity contribution in [2.45, 2.75) is 13.5 Å². The third-order valence-corrected chi connectivity index (χ3v) is 1.95. The average Bonchev–Trinajstić information content (AvgIpc) is 2.30. The fourth-order valence-corrected chi connectivity index (χ4v) is 1.18. The fourth-order valence-electron chi connectivity index (χ4n) is 1.18. The Hall–Kier alpha value is -1.55. The minimum Gasteiger partial charge on any atom is -0.497 e. The smallest absolute Gasteiger partial charge is 0.332 e. The molecule has 0 atom stereocenters. The summed E-state index contributed by atoms with van der Waals surface area (Å²) in [7, 11) is 1.62. The zero-order valence-corrected chi connectivity index (χ0v) is 9.56. The quantitative estimate of drug-likeness (QED) is 0.691. The number of hydrogen-bond acceptors (Lipinski definition) is 4. The number of esters is 1. The van der Waals surface area contributed by atoms with Crippen molar-refractivity contribution < 1.29 is 19.0 Å². The second kappa shape index (κ2) is 6.85. The molecule has 0 heterocycles. The summed E-state index contributed by atoms with van der Waals surface area (Å²) in [6.07, 6.45) is 0. The van der Waals surface area contributed by atoms with Crippen LogP contribution in [0.15, 0.2) is 24.3 Å². The van der Waals surface area contributed by atoms with Crippen LogP contribution < -0.4 is 4.74 Å². The van der Waals surface area contributed by atoms with Gasteiger partial charge in [-0.2, -0.15) is 0 Å². The minimum atomic E-state index is -0.337. The van der Waals surface area contributed by atoms with Crippen molar-refractivity contribution in [2.75, 3.05) is 20.3 Å². The normalized spacial score (nSPS) is 9.88. The molecule has 0 aliphatic heterocycles. The third kappa shape index (κ3) is 4.31. The van der Waals surface area contributed by atoms with Gasteiger partial charge in [-0.1, -0.05) is 12.1 Å². The predicted octanol–water partition coefficient (Wildman–Crippen LogP) is 1.77. The molecule has 0 amide bonds. The molecule has 0 aromatic heterocycles. The number of ether oxygens (including phenoxy) is 3. The van der Waals surface area contributed by atoms with Gasteiger partial charge in [0.2, 0.25) is 0 Å². The van der Waals surface area contributed by atoms with Crippen LogP contribution in [-0.2, 0) is 20.9 Å². The van der Waals surface area contributed by atoms with E-state index in [0.717, 1.165) is 11.3 Å². The summed E-state index contributed by atoms with van der Waals surface area (Å²) in [5, 5.41) is 0. The van der Waals surface area contributed by atoms with Crippen LogP contribution in [0.25, 0.3) is 0 Å². The minimum absolute atomic E-state index is 0.0140. The average molecular weight is 224 g/mol. The van der Waals surface area contributed by atoms with Gasteiger partial charge in [-0.3, -0.25) is 0 Å². The van der Waals surface area contributed by atoms with Crippen molar-refractivity contribution in [1.82, 2.24) is 0 Å². The van der Waals surface area contributed by atoms with Gasteiger partial charge < -0.3 is 14.2 Å². The van der Waals surface area contributed by atoms with Gasteiger partial charge in [-0.05, 0) is 24.6 Å². The molecule has 4 heteroatoms. The molecule has 0 aliphatic carbocycles. The van der Waals surface area contributed by atoms with E-state index in [-0.39, 0.29) is 12.6 Å². The molecule has 1 rings (SSSR count). The lowest BCUT2D eigenvalue weighted by atomic mass is 10.2. The van der Waals surface area contributed by atoms with E-state index in [4.69, 9.17) is 14.2 Å². The van der Waals surface area contributed by atoms with Crippen molar-refractivity contribution in [2.24, 2.45) is 0 Å². The first-order valence-electron chi connectivity index (χ1n) is 5.12. The summed E-state index contributed by atoms with van der Waals surface area (Å²) >= 11 is 0. The van der Waals surface area contributed by atoms with Crippen molar-refractivity contribution in [3.05, 3.63) is 29.8 Å². The predicted molar refractivity (Wildman–Crippen MR) is 59.3 cm³/mol. The highest BCUT2D eigenvalue weighted by atomic mass is 16.6. The lowest BCUT2D eigenvalue weighted by Gasteiger charge is -2.05. The Morgan fingerprint density at radius 1 is 1.25 bits per heavy atom. The van der Waals surface area contributed by atoms with Gasteiger partial charge in [-0.25, -0.2) is 4.79 Å². The zero-order valence-electron chi connectivity index (χ0n) is 9.56. The van der Waals surface area contributed by atoms with Crippen LogP contribution in [0.3, 0.4) is 0 Å². The molecular weight excluding hydrogens is 208 g/mol. The Kier molecular flexibility index (Phi) is 5.36. The second-order valence-corrected chi connectivity index (χ2v) is 3.15. The maximum absolute atomic E-state index is 11.0. The van der Waals surface area contributed by atoms with Gasteiger partial charge >= 0.3 is 5.97 Å². The molecule has 0 radical (unpaired) electrons. The molecule has 0 fully saturated rings. The van der Waals surface area contributed by atoms with Crippen molar-refractivity contribution in [3.63, 3.8) is 0 Å². The molecule has 0 bridgehead atoms. The second-order valence-electron chi connectivity index (χ2n) is 3.15. The van der Waals surface area contributed by atoms with Gasteiger partial charge in [-0.15, -0.1) is 0 Å². The Morgan fingerprint density at radius 3 is 2.50 bits per heavy atom. The summed E-state index contributed by atoms with van der Waals surface area (Å²) in [5.41, 5.74) is 0.991. The maximum atomic E-state index is 11.0. The molecule has 1 aromatic rings. The molecule has 0 aliphatic rings. The van der Waals surface area contributed by atoms with Crippen LogP contribution >= 0.6 is 0 Å². The molecule has 0 N–H and O–H groups in total. The maximum Gasteiger partial charge on any atom is 0.332 e. The van der Waals surface area contributed by atoms with Crippen LogP contribution in [0.1, 0.15) is 12.5 Å². The number of carbonyl (C=O) groups excluding carboxylic acids is 1. The molecule has 0 unspecified atom stereocenters. The summed E-state index contributed by atoms with van der Waals surface area (Å²) in [6.45, 7) is 2.52. The van der Waals surface area contributed by atoms with Crippen LogP contribution in [0.4, 0.5) is 0 Å². The Bertz CT molecular complexity index is 318. The van der Waals surface area contributed by atoms with Gasteiger partial charge in [0, 0.05) is 0 Å². The summed E-state index contributed by atoms with van der Waals surface area (Å²) in [6, 6.07) is 7.49. The lowest BCUT2D eigenvalue weighted by Crippen LogP contribution is -2.12. The van der Waals surface area contributed by atoms with Crippen LogP contribution in [0.5, 0.6) is 5.75 Å². The monoisotopic (exact) mass is 224 g/mol. The van der Waals surface area contributed by atoms with Crippen molar-refractivity contribution in [3.8, 4) is 5.75 Å². The van der Waals surface area contributed by atoms with E-state index < -0.39 is 0 Å². The molecule has 0 saturated heterocycles. The molecule has 1 aromatic carbocycles. The van der Waals surface area contributed by atoms with E-state index in [0.29, 0.717) is 13.2 Å². The Labute approximate surface area is 95.1 Å². The third-order valence-electron chi connectivity index (χ3n) is 1.95.